The number of carbonyl (C=O) groups excluding carboxylic acids is 1. The highest BCUT2D eigenvalue weighted by molar-refractivity contribution is 5.76. The molecule has 8 heteroatoms. The monoisotopic (exact) mass is 379 g/mol. The second kappa shape index (κ2) is 7.40. The van der Waals surface area contributed by atoms with Crippen molar-refractivity contribution in [2.45, 2.75) is 25.4 Å². The molecule has 4 rings (SSSR count). The molecule has 144 valence electrons. The Bertz CT molecular complexity index is 986. The number of aromatic nitrogens is 4. The van der Waals surface area contributed by atoms with Gasteiger partial charge in [-0.25, -0.2) is 0 Å². The number of aliphatic hydroxyl groups is 1. The standard InChI is InChI=1S/C20H21N5O3/c1-14-6-8-15(9-7-14)19-22-24-25(23-19)11-18(27)21-20(12-26)10-16-4-2-3-5-17(16)28-13-20/h2-9,26H,10-13H2,1H3,(H,21,27). The van der Waals surface area contributed by atoms with Gasteiger partial charge >= 0.3 is 0 Å². The first-order valence-corrected chi connectivity index (χ1v) is 9.04. The van der Waals surface area contributed by atoms with Crippen molar-refractivity contribution >= 4 is 5.91 Å². The van der Waals surface area contributed by atoms with Crippen LogP contribution < -0.4 is 10.1 Å². The number of benzene rings is 2. The zero-order valence-electron chi connectivity index (χ0n) is 15.5. The number of fused-ring (bicyclic) bond motifs is 1. The number of nitrogens with one attached hydrogen (secondary N) is 1. The van der Waals surface area contributed by atoms with Gasteiger partial charge in [0.05, 0.1) is 6.61 Å². The minimum atomic E-state index is -0.869. The lowest BCUT2D eigenvalue weighted by atomic mass is 9.89. The third kappa shape index (κ3) is 3.72. The Labute approximate surface area is 162 Å². The molecule has 1 aromatic heterocycles. The van der Waals surface area contributed by atoms with Crippen LogP contribution in [-0.4, -0.2) is 50.0 Å². The summed E-state index contributed by atoms with van der Waals surface area (Å²) in [4.78, 5) is 13.8. The average molecular weight is 379 g/mol. The number of hydrogen-bond acceptors (Lipinski definition) is 6. The second-order valence-corrected chi connectivity index (χ2v) is 7.07. The molecule has 2 aromatic carbocycles. The number of para-hydroxylation sites is 1. The SMILES string of the molecule is Cc1ccc(-c2nnn(CC(=O)NC3(CO)COc4ccccc4C3)n2)cc1. The van der Waals surface area contributed by atoms with E-state index in [1.807, 2.05) is 55.5 Å². The number of aryl methyl sites for hydroxylation is 1. The molecule has 8 nitrogen and oxygen atoms in total. The molecule has 1 aliphatic rings. The number of rotatable bonds is 5. The largest absolute Gasteiger partial charge is 0.491 e. The normalized spacial score (nSPS) is 18.2. The number of tetrazole rings is 1. The summed E-state index contributed by atoms with van der Waals surface area (Å²) in [5, 5.41) is 25.0. The van der Waals surface area contributed by atoms with Crippen LogP contribution in [0.2, 0.25) is 0 Å². The zero-order chi connectivity index (χ0) is 19.6. The number of ether oxygens (including phenoxy) is 1. The molecule has 0 bridgehead atoms. The predicted octanol–water partition coefficient (Wildman–Crippen LogP) is 1.13. The van der Waals surface area contributed by atoms with Gasteiger partial charge in [-0.2, -0.15) is 4.80 Å². The summed E-state index contributed by atoms with van der Waals surface area (Å²) in [6, 6.07) is 15.4. The predicted molar refractivity (Wildman–Crippen MR) is 102 cm³/mol. The highest BCUT2D eigenvalue weighted by Crippen LogP contribution is 2.29. The Morgan fingerprint density at radius 2 is 2.04 bits per heavy atom. The summed E-state index contributed by atoms with van der Waals surface area (Å²) in [5.74, 6) is 0.922. The lowest BCUT2D eigenvalue weighted by molar-refractivity contribution is -0.125. The molecule has 0 aliphatic carbocycles. The van der Waals surface area contributed by atoms with E-state index in [1.54, 1.807) is 0 Å². The molecule has 1 atom stereocenters. The molecule has 0 fully saturated rings. The Balaban J connectivity index is 1.43. The van der Waals surface area contributed by atoms with Crippen LogP contribution in [0.4, 0.5) is 0 Å². The van der Waals surface area contributed by atoms with Gasteiger partial charge in [0.1, 0.15) is 24.4 Å². The van der Waals surface area contributed by atoms with Gasteiger partial charge in [-0.15, -0.1) is 10.2 Å². The van der Waals surface area contributed by atoms with Crippen LogP contribution in [0.15, 0.2) is 48.5 Å². The van der Waals surface area contributed by atoms with Crippen LogP contribution in [-0.2, 0) is 17.8 Å². The third-order valence-electron chi connectivity index (χ3n) is 4.76. The fourth-order valence-corrected chi connectivity index (χ4v) is 3.24. The first kappa shape index (κ1) is 18.1. The average Bonchev–Trinajstić information content (AvgIpc) is 3.16. The summed E-state index contributed by atoms with van der Waals surface area (Å²) in [6.07, 6.45) is 0.491. The molecule has 1 aliphatic heterocycles. The number of amides is 1. The minimum absolute atomic E-state index is 0.0950. The first-order valence-electron chi connectivity index (χ1n) is 9.04. The zero-order valence-corrected chi connectivity index (χ0v) is 15.5. The Morgan fingerprint density at radius 1 is 1.25 bits per heavy atom. The van der Waals surface area contributed by atoms with Crippen molar-refractivity contribution in [3.63, 3.8) is 0 Å². The Morgan fingerprint density at radius 3 is 2.82 bits per heavy atom. The molecular formula is C20H21N5O3. The summed E-state index contributed by atoms with van der Waals surface area (Å²) >= 11 is 0. The van der Waals surface area contributed by atoms with Crippen molar-refractivity contribution in [1.29, 1.82) is 0 Å². The quantitative estimate of drug-likeness (QED) is 0.689. The molecule has 1 unspecified atom stereocenters. The highest BCUT2D eigenvalue weighted by Gasteiger charge is 2.37. The van der Waals surface area contributed by atoms with Gasteiger partial charge in [0.15, 0.2) is 0 Å². The summed E-state index contributed by atoms with van der Waals surface area (Å²) in [5.41, 5.74) is 2.05. The van der Waals surface area contributed by atoms with E-state index >= 15 is 0 Å². The molecular weight excluding hydrogens is 358 g/mol. The van der Waals surface area contributed by atoms with Crippen molar-refractivity contribution in [1.82, 2.24) is 25.5 Å². The van der Waals surface area contributed by atoms with E-state index in [9.17, 15) is 9.90 Å². The molecule has 2 N–H and O–H groups in total. The van der Waals surface area contributed by atoms with Crippen LogP contribution in [0.3, 0.4) is 0 Å². The van der Waals surface area contributed by atoms with Gasteiger partial charge in [0.2, 0.25) is 11.7 Å². The maximum Gasteiger partial charge on any atom is 0.244 e. The fraction of sp³-hybridized carbons (Fsp3) is 0.300. The van der Waals surface area contributed by atoms with E-state index in [2.05, 4.69) is 20.7 Å². The molecule has 28 heavy (non-hydrogen) atoms. The molecule has 2 heterocycles. The fourth-order valence-electron chi connectivity index (χ4n) is 3.24. The summed E-state index contributed by atoms with van der Waals surface area (Å²) in [7, 11) is 0. The topological polar surface area (TPSA) is 102 Å². The van der Waals surface area contributed by atoms with Crippen LogP contribution >= 0.6 is 0 Å². The third-order valence-corrected chi connectivity index (χ3v) is 4.76. The molecule has 0 saturated carbocycles. The lowest BCUT2D eigenvalue weighted by Gasteiger charge is -2.37. The molecule has 1 amide bonds. The summed E-state index contributed by atoms with van der Waals surface area (Å²) in [6.45, 7) is 1.88. The molecule has 0 radical (unpaired) electrons. The molecule has 3 aromatic rings. The van der Waals surface area contributed by atoms with Crippen molar-refractivity contribution in [2.24, 2.45) is 0 Å². The van der Waals surface area contributed by atoms with Crippen LogP contribution in [0.25, 0.3) is 11.4 Å². The van der Waals surface area contributed by atoms with Crippen LogP contribution in [0, 0.1) is 6.92 Å². The second-order valence-electron chi connectivity index (χ2n) is 7.07. The van der Waals surface area contributed by atoms with Crippen molar-refractivity contribution < 1.29 is 14.6 Å². The molecule has 0 spiro atoms. The Hall–Kier alpha value is -3.26. The van der Waals surface area contributed by atoms with Gasteiger partial charge in [0.25, 0.3) is 0 Å². The van der Waals surface area contributed by atoms with E-state index in [0.717, 1.165) is 22.4 Å². The van der Waals surface area contributed by atoms with E-state index in [0.29, 0.717) is 12.2 Å². The van der Waals surface area contributed by atoms with E-state index in [4.69, 9.17) is 4.74 Å². The van der Waals surface area contributed by atoms with Crippen LogP contribution in [0.5, 0.6) is 5.75 Å². The van der Waals surface area contributed by atoms with Gasteiger partial charge in [-0.3, -0.25) is 4.79 Å². The van der Waals surface area contributed by atoms with Gasteiger partial charge in [-0.1, -0.05) is 48.0 Å². The highest BCUT2D eigenvalue weighted by atomic mass is 16.5. The van der Waals surface area contributed by atoms with E-state index in [-0.39, 0.29) is 25.7 Å². The minimum Gasteiger partial charge on any atom is -0.491 e. The van der Waals surface area contributed by atoms with Crippen molar-refractivity contribution in [3.05, 3.63) is 59.7 Å². The first-order chi connectivity index (χ1) is 13.6. The van der Waals surface area contributed by atoms with Crippen LogP contribution in [0.1, 0.15) is 11.1 Å². The maximum atomic E-state index is 12.5. The Kier molecular flexibility index (Phi) is 4.79. The molecule has 0 saturated heterocycles. The lowest BCUT2D eigenvalue weighted by Crippen LogP contribution is -2.59. The number of hydrogen-bond donors (Lipinski definition) is 2. The number of nitrogens with zero attached hydrogens (tertiary/aromatic N) is 4. The summed E-state index contributed by atoms with van der Waals surface area (Å²) < 4.78 is 5.73. The van der Waals surface area contributed by atoms with E-state index in [1.165, 1.54) is 4.80 Å². The number of aliphatic hydroxyl groups excluding tert-OH is 1. The van der Waals surface area contributed by atoms with Crippen molar-refractivity contribution in [3.8, 4) is 17.1 Å². The van der Waals surface area contributed by atoms with Gasteiger partial charge < -0.3 is 15.2 Å². The van der Waals surface area contributed by atoms with E-state index < -0.39 is 5.54 Å². The maximum absolute atomic E-state index is 12.5. The van der Waals surface area contributed by atoms with Gasteiger partial charge in [-0.05, 0) is 23.8 Å². The smallest absolute Gasteiger partial charge is 0.244 e. The number of carbonyl (C=O) groups is 1. The van der Waals surface area contributed by atoms with Crippen molar-refractivity contribution in [2.75, 3.05) is 13.2 Å². The van der Waals surface area contributed by atoms with Gasteiger partial charge in [0, 0.05) is 12.0 Å².